The van der Waals surface area contributed by atoms with Gasteiger partial charge in [-0.25, -0.2) is 0 Å². The van der Waals surface area contributed by atoms with Gasteiger partial charge in [0.05, 0.1) is 11.1 Å². The Kier molecular flexibility index (Phi) is 6.01. The number of carbonyl (C=O) groups is 2. The maximum absolute atomic E-state index is 13.4. The first kappa shape index (κ1) is 22.6. The lowest BCUT2D eigenvalue weighted by molar-refractivity contribution is -0.110. The third-order valence-electron chi connectivity index (χ3n) is 8.58. The normalized spacial score (nSPS) is 22.1. The molecule has 0 bridgehead atoms. The van der Waals surface area contributed by atoms with Crippen LogP contribution >= 0.6 is 0 Å². The molecule has 6 rings (SSSR count). The molecule has 1 saturated heterocycles. The third-order valence-corrected chi connectivity index (χ3v) is 8.58. The Morgan fingerprint density at radius 3 is 2.57 bits per heavy atom. The standard InChI is InChI=1S/C29H36N4O2/c1-19-25(30-24-12-15-33(29(35)26(19)24)17-16-32-13-5-6-14-32)18-22-27-21(20-8-3-2-4-9-20)10-7-11-23(27)31-28(22)34/h7,10-11,18,20,30H,2-6,8-9,12-17H2,1H3,(H,31,34)/b22-18-. The molecule has 2 aromatic rings. The highest BCUT2D eigenvalue weighted by Gasteiger charge is 2.32. The van der Waals surface area contributed by atoms with E-state index in [2.05, 4.69) is 27.3 Å². The predicted octanol–water partition coefficient (Wildman–Crippen LogP) is 4.96. The van der Waals surface area contributed by atoms with Gasteiger partial charge in [0.1, 0.15) is 0 Å². The van der Waals surface area contributed by atoms with Crippen molar-refractivity contribution >= 4 is 29.2 Å². The molecule has 1 saturated carbocycles. The highest BCUT2D eigenvalue weighted by atomic mass is 16.2. The van der Waals surface area contributed by atoms with Crippen LogP contribution in [-0.2, 0) is 11.2 Å². The van der Waals surface area contributed by atoms with Crippen LogP contribution in [0.4, 0.5) is 5.69 Å². The van der Waals surface area contributed by atoms with Gasteiger partial charge in [-0.3, -0.25) is 9.59 Å². The summed E-state index contributed by atoms with van der Waals surface area (Å²) in [5.41, 5.74) is 7.67. The number of nitrogens with zero attached hydrogens (tertiary/aromatic N) is 2. The molecule has 1 aliphatic carbocycles. The van der Waals surface area contributed by atoms with Crippen molar-refractivity contribution in [3.8, 4) is 0 Å². The van der Waals surface area contributed by atoms with E-state index in [0.717, 1.165) is 78.5 Å². The number of carbonyl (C=O) groups excluding carboxylic acids is 2. The quantitative estimate of drug-likeness (QED) is 0.605. The van der Waals surface area contributed by atoms with E-state index in [1.54, 1.807) is 0 Å². The Bertz CT molecular complexity index is 1180. The molecule has 6 heteroatoms. The number of H-pyrrole nitrogens is 1. The predicted molar refractivity (Wildman–Crippen MR) is 140 cm³/mol. The molecule has 0 atom stereocenters. The Hall–Kier alpha value is -2.86. The van der Waals surface area contributed by atoms with Gasteiger partial charge in [-0.1, -0.05) is 31.4 Å². The maximum Gasteiger partial charge on any atom is 0.256 e. The van der Waals surface area contributed by atoms with Crippen molar-refractivity contribution in [2.45, 2.75) is 64.2 Å². The molecule has 1 aromatic heterocycles. The van der Waals surface area contributed by atoms with Crippen LogP contribution in [0.5, 0.6) is 0 Å². The minimum atomic E-state index is -0.0474. The summed E-state index contributed by atoms with van der Waals surface area (Å²) in [7, 11) is 0. The van der Waals surface area contributed by atoms with E-state index in [9.17, 15) is 9.59 Å². The van der Waals surface area contributed by atoms with E-state index in [0.29, 0.717) is 5.92 Å². The second-order valence-electron chi connectivity index (χ2n) is 10.7. The van der Waals surface area contributed by atoms with Crippen LogP contribution in [0.3, 0.4) is 0 Å². The zero-order chi connectivity index (χ0) is 23.9. The summed E-state index contributed by atoms with van der Waals surface area (Å²) in [5.74, 6) is 0.593. The fourth-order valence-electron chi connectivity index (χ4n) is 6.60. The summed E-state index contributed by atoms with van der Waals surface area (Å²) in [5, 5.41) is 3.09. The number of likely N-dealkylation sites (tertiary alicyclic amines) is 1. The number of hydrogen-bond donors (Lipinski definition) is 2. The van der Waals surface area contributed by atoms with Gasteiger partial charge in [-0.15, -0.1) is 0 Å². The van der Waals surface area contributed by atoms with Gasteiger partial charge in [0, 0.05) is 48.7 Å². The van der Waals surface area contributed by atoms with Crippen molar-refractivity contribution in [2.75, 3.05) is 38.0 Å². The number of hydrogen-bond acceptors (Lipinski definition) is 3. The van der Waals surface area contributed by atoms with E-state index >= 15 is 0 Å². The molecule has 2 amide bonds. The maximum atomic E-state index is 13.4. The molecule has 0 spiro atoms. The van der Waals surface area contributed by atoms with Gasteiger partial charge in [0.25, 0.3) is 11.8 Å². The molecule has 0 radical (unpaired) electrons. The van der Waals surface area contributed by atoms with Crippen molar-refractivity contribution in [1.29, 1.82) is 0 Å². The van der Waals surface area contributed by atoms with Crippen molar-refractivity contribution in [1.82, 2.24) is 14.8 Å². The minimum absolute atomic E-state index is 0.0474. The van der Waals surface area contributed by atoms with E-state index in [-0.39, 0.29) is 11.8 Å². The molecule has 0 unspecified atom stereocenters. The lowest BCUT2D eigenvalue weighted by Gasteiger charge is -2.29. The highest BCUT2D eigenvalue weighted by Crippen LogP contribution is 2.43. The van der Waals surface area contributed by atoms with Gasteiger partial charge in [0.15, 0.2) is 0 Å². The summed E-state index contributed by atoms with van der Waals surface area (Å²) in [6, 6.07) is 6.28. The van der Waals surface area contributed by atoms with E-state index in [4.69, 9.17) is 0 Å². The van der Waals surface area contributed by atoms with Crippen molar-refractivity contribution < 1.29 is 9.59 Å². The fraction of sp³-hybridized carbons (Fsp3) is 0.517. The topological polar surface area (TPSA) is 68.4 Å². The molecule has 4 aliphatic rings. The molecular formula is C29H36N4O2. The first-order valence-electron chi connectivity index (χ1n) is 13.5. The number of anilines is 1. The molecule has 6 nitrogen and oxygen atoms in total. The molecule has 1 aromatic carbocycles. The van der Waals surface area contributed by atoms with E-state index in [1.807, 2.05) is 24.0 Å². The van der Waals surface area contributed by atoms with Crippen LogP contribution in [-0.4, -0.2) is 59.3 Å². The summed E-state index contributed by atoms with van der Waals surface area (Å²) in [4.78, 5) is 34.5. The number of nitrogens with one attached hydrogen (secondary N) is 2. The van der Waals surface area contributed by atoms with Gasteiger partial charge < -0.3 is 20.1 Å². The Balaban J connectivity index is 1.30. The van der Waals surface area contributed by atoms with E-state index in [1.165, 1.54) is 50.5 Å². The van der Waals surface area contributed by atoms with Crippen LogP contribution in [0.1, 0.15) is 89.3 Å². The Labute approximate surface area is 207 Å². The van der Waals surface area contributed by atoms with Crippen LogP contribution in [0.25, 0.3) is 11.6 Å². The summed E-state index contributed by atoms with van der Waals surface area (Å²) in [6.07, 6.45) is 11.6. The molecule has 2 fully saturated rings. The summed E-state index contributed by atoms with van der Waals surface area (Å²) >= 11 is 0. The molecule has 35 heavy (non-hydrogen) atoms. The van der Waals surface area contributed by atoms with Crippen LogP contribution in [0.2, 0.25) is 0 Å². The lowest BCUT2D eigenvalue weighted by Crippen LogP contribution is -2.42. The first-order valence-corrected chi connectivity index (χ1v) is 13.5. The van der Waals surface area contributed by atoms with Crippen molar-refractivity contribution in [2.24, 2.45) is 0 Å². The summed E-state index contributed by atoms with van der Waals surface area (Å²) < 4.78 is 0. The number of aromatic amines is 1. The van der Waals surface area contributed by atoms with Gasteiger partial charge in [-0.2, -0.15) is 0 Å². The zero-order valence-corrected chi connectivity index (χ0v) is 20.8. The molecule has 3 aliphatic heterocycles. The molecular weight excluding hydrogens is 436 g/mol. The van der Waals surface area contributed by atoms with Crippen molar-refractivity contribution in [3.05, 3.63) is 51.8 Å². The van der Waals surface area contributed by atoms with Crippen LogP contribution in [0, 0.1) is 6.92 Å². The average Bonchev–Trinajstić information content (AvgIpc) is 3.58. The van der Waals surface area contributed by atoms with Gasteiger partial charge in [-0.05, 0) is 74.9 Å². The molecule has 4 heterocycles. The Morgan fingerprint density at radius 2 is 1.77 bits per heavy atom. The largest absolute Gasteiger partial charge is 0.358 e. The number of amides is 2. The number of fused-ring (bicyclic) bond motifs is 2. The Morgan fingerprint density at radius 1 is 0.971 bits per heavy atom. The van der Waals surface area contributed by atoms with Crippen LogP contribution in [0.15, 0.2) is 18.2 Å². The zero-order valence-electron chi connectivity index (χ0n) is 20.8. The first-order chi connectivity index (χ1) is 17.1. The second-order valence-corrected chi connectivity index (χ2v) is 10.7. The van der Waals surface area contributed by atoms with Gasteiger partial charge >= 0.3 is 0 Å². The minimum Gasteiger partial charge on any atom is -0.358 e. The SMILES string of the molecule is Cc1c(/C=C2\C(=O)Nc3cccc(C4CCCCC4)c32)[nH]c2c1C(=O)N(CCN1CCCC1)CC2. The second kappa shape index (κ2) is 9.30. The lowest BCUT2D eigenvalue weighted by atomic mass is 9.80. The average molecular weight is 473 g/mol. The van der Waals surface area contributed by atoms with Gasteiger partial charge in [0.2, 0.25) is 0 Å². The number of rotatable bonds is 5. The number of benzene rings is 1. The summed E-state index contributed by atoms with van der Waals surface area (Å²) in [6.45, 7) is 6.83. The highest BCUT2D eigenvalue weighted by molar-refractivity contribution is 6.35. The monoisotopic (exact) mass is 472 g/mol. The van der Waals surface area contributed by atoms with Crippen LogP contribution < -0.4 is 5.32 Å². The number of aromatic nitrogens is 1. The van der Waals surface area contributed by atoms with Crippen molar-refractivity contribution in [3.63, 3.8) is 0 Å². The fourth-order valence-corrected chi connectivity index (χ4v) is 6.60. The third kappa shape index (κ3) is 4.12. The molecule has 2 N–H and O–H groups in total. The van der Waals surface area contributed by atoms with E-state index < -0.39 is 0 Å². The molecule has 184 valence electrons. The smallest absolute Gasteiger partial charge is 0.256 e.